The van der Waals surface area contributed by atoms with E-state index < -0.39 is 24.1 Å². The fraction of sp³-hybridized carbons (Fsp3) is 0.250. The number of aromatic nitrogens is 1. The zero-order valence-electron chi connectivity index (χ0n) is 12.0. The predicted molar refractivity (Wildman–Crippen MR) is 80.5 cm³/mol. The highest BCUT2D eigenvalue weighted by Gasteiger charge is 2.52. The number of nitriles is 1. The van der Waals surface area contributed by atoms with E-state index in [-0.39, 0.29) is 0 Å². The van der Waals surface area contributed by atoms with Gasteiger partial charge in [-0.15, -0.1) is 0 Å². The maximum Gasteiger partial charge on any atom is 0.332 e. The van der Waals surface area contributed by atoms with Gasteiger partial charge in [-0.3, -0.25) is 9.78 Å². The third-order valence-electron chi connectivity index (χ3n) is 4.38. The van der Waals surface area contributed by atoms with Crippen LogP contribution in [0.3, 0.4) is 0 Å². The minimum Gasteiger partial charge on any atom is -0.390 e. The number of amides is 3. The molecule has 1 N–H and O–H groups in total. The van der Waals surface area contributed by atoms with Crippen molar-refractivity contribution in [2.24, 2.45) is 0 Å². The number of carbonyl (C=O) groups is 2. The third-order valence-corrected chi connectivity index (χ3v) is 4.38. The Morgan fingerprint density at radius 2 is 2.13 bits per heavy atom. The van der Waals surface area contributed by atoms with Crippen LogP contribution in [0.1, 0.15) is 12.0 Å². The first-order valence-corrected chi connectivity index (χ1v) is 7.24. The molecule has 0 unspecified atom stereocenters. The molecule has 2 saturated heterocycles. The van der Waals surface area contributed by atoms with Crippen LogP contribution in [0.4, 0.5) is 10.5 Å². The number of imide groups is 1. The van der Waals surface area contributed by atoms with E-state index in [1.807, 2.05) is 0 Å². The zero-order chi connectivity index (χ0) is 16.1. The van der Waals surface area contributed by atoms with Crippen molar-refractivity contribution < 1.29 is 14.7 Å². The summed E-state index contributed by atoms with van der Waals surface area (Å²) in [6, 6.07) is 7.34. The van der Waals surface area contributed by atoms with Crippen molar-refractivity contribution in [3.05, 3.63) is 36.0 Å². The largest absolute Gasteiger partial charge is 0.390 e. The number of hydrogen-bond acceptors (Lipinski definition) is 5. The smallest absolute Gasteiger partial charge is 0.332 e. The first kappa shape index (κ1) is 13.7. The molecule has 0 aliphatic carbocycles. The number of rotatable bonds is 1. The van der Waals surface area contributed by atoms with Crippen LogP contribution >= 0.6 is 0 Å². The predicted octanol–water partition coefficient (Wildman–Crippen LogP) is 1.01. The highest BCUT2D eigenvalue weighted by Crippen LogP contribution is 2.35. The lowest BCUT2D eigenvalue weighted by molar-refractivity contribution is -0.121. The molecule has 4 rings (SSSR count). The van der Waals surface area contributed by atoms with Crippen LogP contribution in [0.5, 0.6) is 0 Å². The Morgan fingerprint density at radius 1 is 1.30 bits per heavy atom. The van der Waals surface area contributed by atoms with E-state index in [1.165, 1.54) is 4.90 Å². The lowest BCUT2D eigenvalue weighted by atomic mass is 10.1. The van der Waals surface area contributed by atoms with Gasteiger partial charge in [0.05, 0.1) is 22.9 Å². The molecule has 7 nitrogen and oxygen atoms in total. The van der Waals surface area contributed by atoms with Gasteiger partial charge in [0, 0.05) is 18.1 Å². The van der Waals surface area contributed by atoms with Crippen LogP contribution in [0.2, 0.25) is 0 Å². The standard InChI is InChI=1S/C16H12N4O3/c17-8-9-3-4-11(10-2-1-6-18-13(9)10)20-15(22)14-12(21)5-7-19(14)16(20)23/h1-4,6,12,14,21H,5,7H2/t12-,14+/m1/s1. The maximum absolute atomic E-state index is 12.6. The molecule has 1 aromatic carbocycles. The van der Waals surface area contributed by atoms with Crippen LogP contribution in [0.15, 0.2) is 30.5 Å². The van der Waals surface area contributed by atoms with Crippen LogP contribution in [0.25, 0.3) is 10.9 Å². The molecular formula is C16H12N4O3. The summed E-state index contributed by atoms with van der Waals surface area (Å²) in [6.45, 7) is 0.360. The third kappa shape index (κ3) is 1.76. The molecule has 2 fully saturated rings. The number of aliphatic hydroxyl groups is 1. The van der Waals surface area contributed by atoms with Gasteiger partial charge in [0.2, 0.25) is 0 Å². The summed E-state index contributed by atoms with van der Waals surface area (Å²) < 4.78 is 0. The molecule has 2 aliphatic heterocycles. The van der Waals surface area contributed by atoms with E-state index >= 15 is 0 Å². The fourth-order valence-electron chi connectivity index (χ4n) is 3.31. The minimum atomic E-state index is -0.834. The zero-order valence-corrected chi connectivity index (χ0v) is 12.0. The molecule has 0 bridgehead atoms. The normalized spacial score (nSPS) is 23.5. The molecule has 23 heavy (non-hydrogen) atoms. The highest BCUT2D eigenvalue weighted by atomic mass is 16.3. The lowest BCUT2D eigenvalue weighted by Gasteiger charge is -2.17. The summed E-state index contributed by atoms with van der Waals surface area (Å²) >= 11 is 0. The van der Waals surface area contributed by atoms with Crippen LogP contribution in [-0.2, 0) is 4.79 Å². The monoisotopic (exact) mass is 308 g/mol. The van der Waals surface area contributed by atoms with Gasteiger partial charge in [0.1, 0.15) is 12.1 Å². The second-order valence-corrected chi connectivity index (χ2v) is 5.59. The Labute approximate surface area is 131 Å². The van der Waals surface area contributed by atoms with Crippen molar-refractivity contribution in [1.29, 1.82) is 5.26 Å². The van der Waals surface area contributed by atoms with Gasteiger partial charge in [-0.25, -0.2) is 9.69 Å². The van der Waals surface area contributed by atoms with Crippen LogP contribution < -0.4 is 4.90 Å². The first-order chi connectivity index (χ1) is 11.1. The Balaban J connectivity index is 1.89. The molecule has 1 aromatic heterocycles. The van der Waals surface area contributed by atoms with Gasteiger partial charge < -0.3 is 10.0 Å². The lowest BCUT2D eigenvalue weighted by Crippen LogP contribution is -2.36. The Morgan fingerprint density at radius 3 is 2.87 bits per heavy atom. The van der Waals surface area contributed by atoms with E-state index in [1.54, 1.807) is 30.5 Å². The number of aliphatic hydroxyl groups excluding tert-OH is 1. The van der Waals surface area contributed by atoms with Crippen molar-refractivity contribution in [2.45, 2.75) is 18.6 Å². The van der Waals surface area contributed by atoms with Crippen molar-refractivity contribution in [3.8, 4) is 6.07 Å². The summed E-state index contributed by atoms with van der Waals surface area (Å²) in [6.07, 6.45) is 1.13. The van der Waals surface area contributed by atoms with Crippen molar-refractivity contribution in [1.82, 2.24) is 9.88 Å². The Bertz CT molecular complexity index is 889. The Kier molecular flexibility index (Phi) is 2.83. The molecule has 3 amide bonds. The second-order valence-electron chi connectivity index (χ2n) is 5.59. The van der Waals surface area contributed by atoms with Crippen LogP contribution in [-0.4, -0.2) is 45.6 Å². The summed E-state index contributed by atoms with van der Waals surface area (Å²) in [7, 11) is 0. The number of nitrogens with zero attached hydrogens (tertiary/aromatic N) is 4. The fourth-order valence-corrected chi connectivity index (χ4v) is 3.31. The SMILES string of the molecule is N#Cc1ccc(N2C(=O)[C@@H]3[C@H](O)CCN3C2=O)c2cccnc12. The number of pyridine rings is 1. The molecule has 2 aromatic rings. The highest BCUT2D eigenvalue weighted by molar-refractivity contribution is 6.24. The number of fused-ring (bicyclic) bond motifs is 2. The van der Waals surface area contributed by atoms with Gasteiger partial charge in [-0.2, -0.15) is 5.26 Å². The van der Waals surface area contributed by atoms with Gasteiger partial charge in [-0.05, 0) is 30.7 Å². The van der Waals surface area contributed by atoms with E-state index in [0.717, 1.165) is 4.90 Å². The average Bonchev–Trinajstić information content (AvgIpc) is 3.07. The molecule has 3 heterocycles. The van der Waals surface area contributed by atoms with Crippen molar-refractivity contribution in [2.75, 3.05) is 11.4 Å². The summed E-state index contributed by atoms with van der Waals surface area (Å²) in [5.41, 5.74) is 1.22. The maximum atomic E-state index is 12.6. The molecule has 114 valence electrons. The number of anilines is 1. The van der Waals surface area contributed by atoms with E-state index in [4.69, 9.17) is 0 Å². The van der Waals surface area contributed by atoms with Crippen LogP contribution in [0, 0.1) is 11.3 Å². The Hall–Kier alpha value is -2.98. The molecular weight excluding hydrogens is 296 g/mol. The van der Waals surface area contributed by atoms with E-state index in [9.17, 15) is 20.0 Å². The minimum absolute atomic E-state index is 0.360. The molecule has 2 aliphatic rings. The van der Waals surface area contributed by atoms with Gasteiger partial charge in [-0.1, -0.05) is 0 Å². The first-order valence-electron chi connectivity index (χ1n) is 7.24. The van der Waals surface area contributed by atoms with Gasteiger partial charge >= 0.3 is 6.03 Å². The van der Waals surface area contributed by atoms with Crippen molar-refractivity contribution in [3.63, 3.8) is 0 Å². The molecule has 0 saturated carbocycles. The van der Waals surface area contributed by atoms with Gasteiger partial charge in [0.15, 0.2) is 0 Å². The summed E-state index contributed by atoms with van der Waals surface area (Å²) in [5.74, 6) is -0.435. The molecule has 7 heteroatoms. The number of hydrogen-bond donors (Lipinski definition) is 1. The number of benzene rings is 1. The number of carbonyl (C=O) groups excluding carboxylic acids is 2. The van der Waals surface area contributed by atoms with E-state index in [2.05, 4.69) is 11.1 Å². The number of urea groups is 1. The topological polar surface area (TPSA) is 97.5 Å². The molecule has 2 atom stereocenters. The van der Waals surface area contributed by atoms with Crippen molar-refractivity contribution >= 4 is 28.5 Å². The average molecular weight is 308 g/mol. The summed E-state index contributed by atoms with van der Waals surface area (Å²) in [4.78, 5) is 31.9. The van der Waals surface area contributed by atoms with Gasteiger partial charge in [0.25, 0.3) is 5.91 Å². The van der Waals surface area contributed by atoms with E-state index in [0.29, 0.717) is 35.1 Å². The summed E-state index contributed by atoms with van der Waals surface area (Å²) in [5, 5.41) is 19.7. The molecule has 0 spiro atoms. The quantitative estimate of drug-likeness (QED) is 0.793. The second kappa shape index (κ2) is 4.76. The molecule has 0 radical (unpaired) electrons.